The van der Waals surface area contributed by atoms with Crippen LogP contribution >= 0.6 is 0 Å². The van der Waals surface area contributed by atoms with Crippen molar-refractivity contribution in [2.24, 2.45) is 0 Å². The van der Waals surface area contributed by atoms with Crippen molar-refractivity contribution >= 4 is 16.7 Å². The average molecular weight is 448 g/mol. The highest BCUT2D eigenvalue weighted by Gasteiger charge is 2.40. The Balaban J connectivity index is 1.72. The predicted molar refractivity (Wildman–Crippen MR) is 129 cm³/mol. The number of aliphatic hydroxyl groups excluding tert-OH is 1. The van der Waals surface area contributed by atoms with Crippen molar-refractivity contribution in [1.82, 2.24) is 4.57 Å². The smallest absolute Gasteiger partial charge is 0.308 e. The lowest BCUT2D eigenvalue weighted by molar-refractivity contribution is -0.161. The molecule has 3 heterocycles. The fraction of sp³-hybridized carbons (Fsp3) is 0.464. The molecule has 1 fully saturated rings. The number of aromatic nitrogens is 1. The highest BCUT2D eigenvalue weighted by Crippen LogP contribution is 2.48. The number of fused-ring (bicyclic) bond motifs is 2. The monoisotopic (exact) mass is 447 g/mol. The molecule has 1 saturated heterocycles. The molecule has 1 N–H and O–H groups in total. The summed E-state index contributed by atoms with van der Waals surface area (Å²) in [5, 5.41) is 12.7. The van der Waals surface area contributed by atoms with Gasteiger partial charge in [-0.15, -0.1) is 0 Å². The van der Waals surface area contributed by atoms with Crippen molar-refractivity contribution in [2.45, 2.75) is 83.5 Å². The lowest BCUT2D eigenvalue weighted by atomic mass is 9.81. The van der Waals surface area contributed by atoms with Crippen molar-refractivity contribution in [3.8, 4) is 11.4 Å². The molecule has 1 unspecified atom stereocenters. The van der Waals surface area contributed by atoms with Crippen LogP contribution in [0.15, 0.2) is 42.7 Å². The molecule has 5 nitrogen and oxygen atoms in total. The van der Waals surface area contributed by atoms with Crippen LogP contribution in [0.5, 0.6) is 5.75 Å². The third-order valence-electron chi connectivity index (χ3n) is 7.02. The van der Waals surface area contributed by atoms with Crippen molar-refractivity contribution in [1.29, 1.82) is 0 Å². The first-order chi connectivity index (χ1) is 15.6. The van der Waals surface area contributed by atoms with Crippen LogP contribution in [0.25, 0.3) is 16.5 Å². The molecule has 2 aromatic carbocycles. The molecule has 0 saturated carbocycles. The molecule has 0 radical (unpaired) electrons. The number of carbonyl (C=O) groups is 1. The molecule has 3 aromatic rings. The fourth-order valence-electron chi connectivity index (χ4n) is 5.56. The van der Waals surface area contributed by atoms with Crippen LogP contribution in [0, 0.1) is 0 Å². The van der Waals surface area contributed by atoms with Crippen LogP contribution in [0.2, 0.25) is 0 Å². The lowest BCUT2D eigenvalue weighted by Crippen LogP contribution is -2.36. The molecular formula is C28H33NO4. The number of aliphatic hydroxyl groups is 1. The maximum absolute atomic E-state index is 12.1. The van der Waals surface area contributed by atoms with Gasteiger partial charge >= 0.3 is 5.97 Å². The van der Waals surface area contributed by atoms with E-state index in [2.05, 4.69) is 81.9 Å². The van der Waals surface area contributed by atoms with Gasteiger partial charge in [0.05, 0.1) is 12.5 Å². The molecular weight excluding hydrogens is 414 g/mol. The second kappa shape index (κ2) is 7.91. The summed E-state index contributed by atoms with van der Waals surface area (Å²) in [7, 11) is 0. The van der Waals surface area contributed by atoms with Crippen LogP contribution in [0.4, 0.5) is 0 Å². The lowest BCUT2D eigenvalue weighted by Gasteiger charge is -2.34. The van der Waals surface area contributed by atoms with Gasteiger partial charge in [0.1, 0.15) is 17.5 Å². The number of carbonyl (C=O) groups excluding carboxylic acids is 1. The Morgan fingerprint density at radius 1 is 1.09 bits per heavy atom. The summed E-state index contributed by atoms with van der Waals surface area (Å²) in [5.41, 5.74) is 4.34. The molecule has 2 aliphatic heterocycles. The Morgan fingerprint density at radius 3 is 2.36 bits per heavy atom. The first-order valence-corrected chi connectivity index (χ1v) is 12.0. The molecule has 1 aromatic heterocycles. The normalized spacial score (nSPS) is 22.8. The van der Waals surface area contributed by atoms with Gasteiger partial charge in [-0.1, -0.05) is 45.0 Å². The standard InChI is InChI=1S/C28H33NO4/c1-16(2)25-22(29-14-18-8-6-7-9-19(18)15-29)10-20-13-28(4,5)33-27(20)26(25)17(3)23-11-21(30)12-24(31)32-23/h6-10,14-17,21,23,30H,11-13H2,1-5H3/t17?,21-,23+/m1/s1. The number of hydrogen-bond acceptors (Lipinski definition) is 4. The molecule has 0 spiro atoms. The van der Waals surface area contributed by atoms with Gasteiger partial charge in [0.15, 0.2) is 0 Å². The van der Waals surface area contributed by atoms with E-state index in [-0.39, 0.29) is 35.9 Å². The minimum absolute atomic E-state index is 0.0674. The van der Waals surface area contributed by atoms with Crippen LogP contribution in [-0.2, 0) is 16.0 Å². The minimum Gasteiger partial charge on any atom is -0.487 e. The van der Waals surface area contributed by atoms with Gasteiger partial charge in [0.25, 0.3) is 0 Å². The van der Waals surface area contributed by atoms with Crippen molar-refractivity contribution in [2.75, 3.05) is 0 Å². The number of cyclic esters (lactones) is 1. The zero-order chi connectivity index (χ0) is 23.5. The summed E-state index contributed by atoms with van der Waals surface area (Å²) in [5.74, 6) is 0.717. The van der Waals surface area contributed by atoms with E-state index in [1.807, 2.05) is 0 Å². The molecule has 0 bridgehead atoms. The molecule has 5 rings (SSSR count). The first-order valence-electron chi connectivity index (χ1n) is 12.0. The van der Waals surface area contributed by atoms with Crippen molar-refractivity contribution in [3.05, 3.63) is 59.4 Å². The SMILES string of the molecule is CC(C)c1c(-n2cc3ccccc3c2)cc2c(c1C(C)[C@@H]1C[C@@H](O)CC(=O)O1)OC(C)(C)C2. The Bertz CT molecular complexity index is 1190. The second-order valence-electron chi connectivity index (χ2n) is 10.6. The molecule has 5 heteroatoms. The quantitative estimate of drug-likeness (QED) is 0.526. The van der Waals surface area contributed by atoms with E-state index in [0.717, 1.165) is 23.4 Å². The maximum Gasteiger partial charge on any atom is 0.308 e. The van der Waals surface area contributed by atoms with E-state index in [1.54, 1.807) is 0 Å². The number of nitrogens with zero attached hydrogens (tertiary/aromatic N) is 1. The maximum atomic E-state index is 12.1. The molecule has 33 heavy (non-hydrogen) atoms. The third-order valence-corrected chi connectivity index (χ3v) is 7.02. The van der Waals surface area contributed by atoms with Crippen LogP contribution in [0.3, 0.4) is 0 Å². The Hall–Kier alpha value is -2.79. The zero-order valence-corrected chi connectivity index (χ0v) is 20.1. The van der Waals surface area contributed by atoms with E-state index in [1.165, 1.54) is 21.9 Å². The van der Waals surface area contributed by atoms with Gasteiger partial charge in [-0.3, -0.25) is 4.79 Å². The van der Waals surface area contributed by atoms with Crippen molar-refractivity contribution in [3.63, 3.8) is 0 Å². The minimum atomic E-state index is -0.662. The largest absolute Gasteiger partial charge is 0.487 e. The van der Waals surface area contributed by atoms with Gasteiger partial charge in [-0.25, -0.2) is 0 Å². The number of ether oxygens (including phenoxy) is 2. The highest BCUT2D eigenvalue weighted by molar-refractivity contribution is 5.83. The van der Waals surface area contributed by atoms with E-state index in [0.29, 0.717) is 6.42 Å². The van der Waals surface area contributed by atoms with E-state index < -0.39 is 6.10 Å². The van der Waals surface area contributed by atoms with Crippen LogP contribution in [0.1, 0.15) is 76.0 Å². The number of hydrogen-bond donors (Lipinski definition) is 1. The summed E-state index contributed by atoms with van der Waals surface area (Å²) < 4.78 is 14.5. The van der Waals surface area contributed by atoms with Gasteiger partial charge in [-0.05, 0) is 42.2 Å². The molecule has 0 amide bonds. The van der Waals surface area contributed by atoms with Gasteiger partial charge in [0, 0.05) is 48.0 Å². The number of esters is 1. The average Bonchev–Trinajstić information content (AvgIpc) is 3.30. The molecule has 174 valence electrons. The summed E-state index contributed by atoms with van der Waals surface area (Å²) in [6.45, 7) is 10.7. The van der Waals surface area contributed by atoms with Crippen LogP contribution in [-0.4, -0.2) is 33.5 Å². The summed E-state index contributed by atoms with van der Waals surface area (Å²) in [4.78, 5) is 12.1. The Labute approximate surface area is 195 Å². The first kappa shape index (κ1) is 22.0. The third kappa shape index (κ3) is 3.93. The topological polar surface area (TPSA) is 60.7 Å². The Kier molecular flexibility index (Phi) is 5.28. The number of benzene rings is 2. The fourth-order valence-corrected chi connectivity index (χ4v) is 5.56. The Morgan fingerprint density at radius 2 is 1.76 bits per heavy atom. The number of rotatable bonds is 4. The highest BCUT2D eigenvalue weighted by atomic mass is 16.5. The van der Waals surface area contributed by atoms with E-state index >= 15 is 0 Å². The zero-order valence-electron chi connectivity index (χ0n) is 20.1. The summed E-state index contributed by atoms with van der Waals surface area (Å²) in [6.07, 6.45) is 4.66. The summed E-state index contributed by atoms with van der Waals surface area (Å²) >= 11 is 0. The molecule has 2 aliphatic rings. The summed E-state index contributed by atoms with van der Waals surface area (Å²) in [6, 6.07) is 10.7. The van der Waals surface area contributed by atoms with Crippen LogP contribution < -0.4 is 4.74 Å². The molecule has 0 aliphatic carbocycles. The predicted octanol–water partition coefficient (Wildman–Crippen LogP) is 5.64. The van der Waals surface area contributed by atoms with E-state index in [4.69, 9.17) is 9.47 Å². The second-order valence-corrected chi connectivity index (χ2v) is 10.6. The van der Waals surface area contributed by atoms with Gasteiger partial charge in [-0.2, -0.15) is 0 Å². The van der Waals surface area contributed by atoms with Gasteiger partial charge < -0.3 is 19.1 Å². The van der Waals surface area contributed by atoms with E-state index in [9.17, 15) is 9.90 Å². The molecule has 3 atom stereocenters. The van der Waals surface area contributed by atoms with Crippen molar-refractivity contribution < 1.29 is 19.4 Å². The van der Waals surface area contributed by atoms with Gasteiger partial charge in [0.2, 0.25) is 0 Å².